The van der Waals surface area contributed by atoms with Crippen molar-refractivity contribution < 1.29 is 19.8 Å². The Morgan fingerprint density at radius 2 is 1.93 bits per heavy atom. The van der Waals surface area contributed by atoms with Crippen LogP contribution in [0.1, 0.15) is 27.6 Å². The second-order valence-electron chi connectivity index (χ2n) is 2.72. The van der Waals surface area contributed by atoms with Gasteiger partial charge in [0, 0.05) is 5.56 Å². The molecule has 0 saturated heterocycles. The molecule has 0 aliphatic rings. The first-order chi connectivity index (χ1) is 6.43. The zero-order chi connectivity index (χ0) is 10.9. The van der Waals surface area contributed by atoms with Gasteiger partial charge in [0.05, 0.1) is 4.47 Å². The van der Waals surface area contributed by atoms with Gasteiger partial charge in [0.15, 0.2) is 5.78 Å². The molecule has 5 heteroatoms. The zero-order valence-corrected chi connectivity index (χ0v) is 8.83. The largest absolute Gasteiger partial charge is 0.506 e. The Labute approximate surface area is 88.3 Å². The predicted molar refractivity (Wildman–Crippen MR) is 52.8 cm³/mol. The summed E-state index contributed by atoms with van der Waals surface area (Å²) < 4.78 is 0.197. The molecule has 1 aromatic rings. The Balaban J connectivity index is 3.43. The maximum atomic E-state index is 11.0. The van der Waals surface area contributed by atoms with Crippen LogP contribution < -0.4 is 0 Å². The van der Waals surface area contributed by atoms with Crippen LogP contribution in [-0.4, -0.2) is 22.0 Å². The fourth-order valence-corrected chi connectivity index (χ4v) is 1.43. The van der Waals surface area contributed by atoms with Crippen LogP contribution in [0.15, 0.2) is 16.6 Å². The van der Waals surface area contributed by atoms with Gasteiger partial charge in [-0.25, -0.2) is 4.79 Å². The molecule has 4 nitrogen and oxygen atoms in total. The van der Waals surface area contributed by atoms with Crippen molar-refractivity contribution in [1.82, 2.24) is 0 Å². The Hall–Kier alpha value is -1.36. The van der Waals surface area contributed by atoms with Gasteiger partial charge in [-0.15, -0.1) is 0 Å². The molecule has 0 unspecified atom stereocenters. The van der Waals surface area contributed by atoms with Gasteiger partial charge in [-0.1, -0.05) is 0 Å². The van der Waals surface area contributed by atoms with E-state index in [0.717, 1.165) is 6.07 Å². The molecule has 1 rings (SSSR count). The van der Waals surface area contributed by atoms with E-state index >= 15 is 0 Å². The van der Waals surface area contributed by atoms with Crippen molar-refractivity contribution >= 4 is 27.7 Å². The topological polar surface area (TPSA) is 74.6 Å². The lowest BCUT2D eigenvalue weighted by Gasteiger charge is -2.04. The first kappa shape index (κ1) is 10.7. The molecule has 0 fully saturated rings. The highest BCUT2D eigenvalue weighted by atomic mass is 79.9. The van der Waals surface area contributed by atoms with Gasteiger partial charge in [-0.2, -0.15) is 0 Å². The molecule has 0 heterocycles. The average Bonchev–Trinajstić information content (AvgIpc) is 2.08. The Kier molecular flexibility index (Phi) is 2.90. The van der Waals surface area contributed by atoms with E-state index in [4.69, 9.17) is 5.11 Å². The number of carboxylic acid groups (broad SMARTS) is 1. The highest BCUT2D eigenvalue weighted by Gasteiger charge is 2.15. The lowest BCUT2D eigenvalue weighted by Crippen LogP contribution is -2.01. The van der Waals surface area contributed by atoms with Crippen LogP contribution in [0.25, 0.3) is 0 Å². The van der Waals surface area contributed by atoms with Gasteiger partial charge in [0.25, 0.3) is 0 Å². The first-order valence-electron chi connectivity index (χ1n) is 3.70. The number of hydrogen-bond donors (Lipinski definition) is 2. The Bertz CT molecular complexity index is 412. The van der Waals surface area contributed by atoms with Crippen LogP contribution in [0.2, 0.25) is 0 Å². The maximum Gasteiger partial charge on any atom is 0.339 e. The Morgan fingerprint density at radius 3 is 2.36 bits per heavy atom. The van der Waals surface area contributed by atoms with E-state index in [2.05, 4.69) is 15.9 Å². The number of aromatic hydroxyl groups is 1. The van der Waals surface area contributed by atoms with Gasteiger partial charge in [0.1, 0.15) is 11.3 Å². The quantitative estimate of drug-likeness (QED) is 0.797. The van der Waals surface area contributed by atoms with Crippen molar-refractivity contribution in [1.29, 1.82) is 0 Å². The summed E-state index contributed by atoms with van der Waals surface area (Å²) >= 11 is 2.97. The van der Waals surface area contributed by atoms with Crippen LogP contribution in [0.4, 0.5) is 0 Å². The van der Waals surface area contributed by atoms with Crippen molar-refractivity contribution in [2.75, 3.05) is 0 Å². The molecule has 0 aromatic heterocycles. The number of ketones is 1. The summed E-state index contributed by atoms with van der Waals surface area (Å²) in [5.41, 5.74) is -0.0448. The third-order valence-corrected chi connectivity index (χ3v) is 2.30. The van der Waals surface area contributed by atoms with E-state index in [-0.39, 0.29) is 27.1 Å². The fourth-order valence-electron chi connectivity index (χ4n) is 0.965. The summed E-state index contributed by atoms with van der Waals surface area (Å²) in [4.78, 5) is 21.6. The number of rotatable bonds is 2. The van der Waals surface area contributed by atoms with Crippen LogP contribution in [0.3, 0.4) is 0 Å². The number of Topliss-reactive ketones (excluding diaryl/α,β-unsaturated/α-hetero) is 1. The molecule has 1 aromatic carbocycles. The van der Waals surface area contributed by atoms with Crippen molar-refractivity contribution in [3.63, 3.8) is 0 Å². The molecule has 0 bridgehead atoms. The molecule has 0 aliphatic carbocycles. The van der Waals surface area contributed by atoms with E-state index in [1.54, 1.807) is 0 Å². The third-order valence-electron chi connectivity index (χ3n) is 1.70. The predicted octanol–water partition coefficient (Wildman–Crippen LogP) is 2.06. The average molecular weight is 259 g/mol. The molecular weight excluding hydrogens is 252 g/mol. The van der Waals surface area contributed by atoms with E-state index in [9.17, 15) is 14.7 Å². The van der Waals surface area contributed by atoms with Crippen LogP contribution in [0.5, 0.6) is 5.75 Å². The first-order valence-corrected chi connectivity index (χ1v) is 4.49. The summed E-state index contributed by atoms with van der Waals surface area (Å²) in [6, 6.07) is 2.52. The van der Waals surface area contributed by atoms with E-state index in [1.165, 1.54) is 13.0 Å². The van der Waals surface area contributed by atoms with Gasteiger partial charge < -0.3 is 10.2 Å². The number of carboxylic acids is 1. The summed E-state index contributed by atoms with van der Waals surface area (Å²) in [7, 11) is 0. The molecule has 0 amide bonds. The van der Waals surface area contributed by atoms with Crippen LogP contribution in [0, 0.1) is 0 Å². The molecule has 0 radical (unpaired) electrons. The number of aromatic carboxylic acids is 1. The smallest absolute Gasteiger partial charge is 0.339 e. The highest BCUT2D eigenvalue weighted by Crippen LogP contribution is 2.29. The number of carbonyl (C=O) groups is 2. The number of halogens is 1. The molecule has 0 saturated carbocycles. The van der Waals surface area contributed by atoms with Gasteiger partial charge in [-0.3, -0.25) is 4.79 Å². The summed E-state index contributed by atoms with van der Waals surface area (Å²) in [6.45, 7) is 1.32. The zero-order valence-electron chi connectivity index (χ0n) is 7.24. The number of carbonyl (C=O) groups excluding carboxylic acids is 1. The second kappa shape index (κ2) is 3.79. The molecule has 0 aliphatic heterocycles. The van der Waals surface area contributed by atoms with Crippen molar-refractivity contribution in [3.05, 3.63) is 27.7 Å². The van der Waals surface area contributed by atoms with E-state index in [1.807, 2.05) is 0 Å². The maximum absolute atomic E-state index is 11.0. The molecule has 14 heavy (non-hydrogen) atoms. The minimum Gasteiger partial charge on any atom is -0.506 e. The standard InChI is InChI=1S/C9H7BrO4/c1-4(11)5-2-6(9(13)14)8(12)7(10)3-5/h2-3,12H,1H3,(H,13,14). The van der Waals surface area contributed by atoms with Crippen molar-refractivity contribution in [2.45, 2.75) is 6.92 Å². The molecule has 2 N–H and O–H groups in total. The number of benzene rings is 1. The van der Waals surface area contributed by atoms with E-state index in [0.29, 0.717) is 0 Å². The molecular formula is C9H7BrO4. The minimum absolute atomic E-state index is 0.197. The van der Waals surface area contributed by atoms with Gasteiger partial charge >= 0.3 is 5.97 Å². The van der Waals surface area contributed by atoms with Gasteiger partial charge in [-0.05, 0) is 35.0 Å². The highest BCUT2D eigenvalue weighted by molar-refractivity contribution is 9.10. The van der Waals surface area contributed by atoms with Crippen molar-refractivity contribution in [2.24, 2.45) is 0 Å². The summed E-state index contributed by atoms with van der Waals surface area (Å²) in [6.07, 6.45) is 0. The number of hydrogen-bond acceptors (Lipinski definition) is 3. The fraction of sp³-hybridized carbons (Fsp3) is 0.111. The summed E-state index contributed by atoms with van der Waals surface area (Å²) in [5.74, 6) is -1.90. The van der Waals surface area contributed by atoms with Crippen LogP contribution >= 0.6 is 15.9 Å². The van der Waals surface area contributed by atoms with Crippen LogP contribution in [-0.2, 0) is 0 Å². The van der Waals surface area contributed by atoms with Crippen molar-refractivity contribution in [3.8, 4) is 5.75 Å². The molecule has 74 valence electrons. The summed E-state index contributed by atoms with van der Waals surface area (Å²) in [5, 5.41) is 18.0. The Morgan fingerprint density at radius 1 is 1.36 bits per heavy atom. The minimum atomic E-state index is -1.27. The van der Waals surface area contributed by atoms with E-state index < -0.39 is 5.97 Å². The third kappa shape index (κ3) is 1.93. The normalized spacial score (nSPS) is 9.86. The molecule has 0 atom stereocenters. The second-order valence-corrected chi connectivity index (χ2v) is 3.57. The van der Waals surface area contributed by atoms with Gasteiger partial charge in [0.2, 0.25) is 0 Å². The number of phenols is 1. The molecule has 0 spiro atoms. The lowest BCUT2D eigenvalue weighted by atomic mass is 10.1. The lowest BCUT2D eigenvalue weighted by molar-refractivity contribution is 0.0693. The monoisotopic (exact) mass is 258 g/mol. The SMILES string of the molecule is CC(=O)c1cc(Br)c(O)c(C(=O)O)c1.